The van der Waals surface area contributed by atoms with E-state index in [0.29, 0.717) is 17.4 Å². The molecule has 3 heteroatoms. The van der Waals surface area contributed by atoms with Crippen molar-refractivity contribution in [1.29, 1.82) is 0 Å². The lowest BCUT2D eigenvalue weighted by molar-refractivity contribution is 0.460. The molecule has 3 nitrogen and oxygen atoms in total. The highest BCUT2D eigenvalue weighted by molar-refractivity contribution is 5.88. The molecule has 1 aliphatic rings. The van der Waals surface area contributed by atoms with Crippen molar-refractivity contribution < 1.29 is 9.52 Å². The molecule has 1 heterocycles. The highest BCUT2D eigenvalue weighted by Gasteiger charge is 2.26. The average molecular weight is 342 g/mol. The summed E-state index contributed by atoms with van der Waals surface area (Å²) in [5.41, 5.74) is 3.13. The first-order valence-corrected chi connectivity index (χ1v) is 9.80. The third-order valence-electron chi connectivity index (χ3n) is 5.59. The van der Waals surface area contributed by atoms with E-state index in [9.17, 15) is 9.90 Å². The van der Waals surface area contributed by atoms with Gasteiger partial charge in [0.15, 0.2) is 0 Å². The molecule has 1 N–H and O–H groups in total. The van der Waals surface area contributed by atoms with E-state index in [1.165, 1.54) is 25.7 Å². The number of aryl methyl sites for hydroxylation is 1. The predicted octanol–water partition coefficient (Wildman–Crippen LogP) is 5.38. The van der Waals surface area contributed by atoms with Crippen LogP contribution in [0.2, 0.25) is 0 Å². The molecule has 0 amide bonds. The van der Waals surface area contributed by atoms with Crippen molar-refractivity contribution in [1.82, 2.24) is 0 Å². The third-order valence-corrected chi connectivity index (χ3v) is 5.59. The summed E-state index contributed by atoms with van der Waals surface area (Å²) in [5.74, 6) is 1.38. The van der Waals surface area contributed by atoms with E-state index < -0.39 is 0 Å². The molecule has 0 spiro atoms. The molecule has 0 saturated heterocycles. The largest absolute Gasteiger partial charge is 0.507 e. The molecule has 1 aromatic heterocycles. The van der Waals surface area contributed by atoms with Crippen LogP contribution >= 0.6 is 0 Å². The molecule has 0 radical (unpaired) electrons. The minimum atomic E-state index is -0.226. The van der Waals surface area contributed by atoms with E-state index in [1.54, 1.807) is 0 Å². The molecule has 0 bridgehead atoms. The Kier molecular flexibility index (Phi) is 5.51. The standard InChI is InChI=1S/C22H30O3/c1-4-5-6-7-14(2)8-9-16-12-19(23)21-17-10-15(3)11-18(17)22(24)25-20(21)13-16/h12-15,23H,4-11H2,1-3H3. The molecule has 2 unspecified atom stereocenters. The second-order valence-corrected chi connectivity index (χ2v) is 7.99. The first-order chi connectivity index (χ1) is 12.0. The highest BCUT2D eigenvalue weighted by atomic mass is 16.4. The summed E-state index contributed by atoms with van der Waals surface area (Å²) >= 11 is 0. The van der Waals surface area contributed by atoms with Crippen LogP contribution in [0.25, 0.3) is 11.0 Å². The van der Waals surface area contributed by atoms with E-state index in [-0.39, 0.29) is 11.4 Å². The van der Waals surface area contributed by atoms with Gasteiger partial charge in [-0.15, -0.1) is 0 Å². The molecular formula is C22H30O3. The van der Waals surface area contributed by atoms with Crippen LogP contribution in [0.1, 0.15) is 69.6 Å². The number of hydrogen-bond acceptors (Lipinski definition) is 3. The number of aromatic hydroxyl groups is 1. The molecule has 1 aromatic carbocycles. The molecule has 1 aliphatic carbocycles. The van der Waals surface area contributed by atoms with Crippen molar-refractivity contribution in [2.24, 2.45) is 11.8 Å². The van der Waals surface area contributed by atoms with Crippen LogP contribution in [0.4, 0.5) is 0 Å². The predicted molar refractivity (Wildman–Crippen MR) is 102 cm³/mol. The Bertz CT molecular complexity index is 803. The summed E-state index contributed by atoms with van der Waals surface area (Å²) in [6, 6.07) is 3.82. The second kappa shape index (κ2) is 7.63. The highest BCUT2D eigenvalue weighted by Crippen LogP contribution is 2.36. The zero-order valence-electron chi connectivity index (χ0n) is 15.7. The average Bonchev–Trinajstić information content (AvgIpc) is 2.95. The van der Waals surface area contributed by atoms with E-state index in [0.717, 1.165) is 47.8 Å². The summed E-state index contributed by atoms with van der Waals surface area (Å²) in [6.45, 7) is 6.66. The number of phenolic OH excluding ortho intramolecular Hbond substituents is 1. The summed E-state index contributed by atoms with van der Waals surface area (Å²) in [4.78, 5) is 12.3. The van der Waals surface area contributed by atoms with Crippen LogP contribution in [-0.2, 0) is 19.3 Å². The van der Waals surface area contributed by atoms with Gasteiger partial charge in [-0.05, 0) is 60.8 Å². The molecule has 136 valence electrons. The third kappa shape index (κ3) is 3.91. The van der Waals surface area contributed by atoms with E-state index in [2.05, 4.69) is 20.8 Å². The Morgan fingerprint density at radius 3 is 2.72 bits per heavy atom. The smallest absolute Gasteiger partial charge is 0.339 e. The monoisotopic (exact) mass is 342 g/mol. The molecule has 2 aromatic rings. The second-order valence-electron chi connectivity index (χ2n) is 7.99. The van der Waals surface area contributed by atoms with Crippen LogP contribution in [0.5, 0.6) is 5.75 Å². The lowest BCUT2D eigenvalue weighted by Gasteiger charge is -2.12. The quantitative estimate of drug-likeness (QED) is 0.543. The van der Waals surface area contributed by atoms with Crippen LogP contribution in [0.15, 0.2) is 21.3 Å². The van der Waals surface area contributed by atoms with Crippen LogP contribution in [-0.4, -0.2) is 5.11 Å². The summed E-state index contributed by atoms with van der Waals surface area (Å²) < 4.78 is 5.55. The Hall–Kier alpha value is -1.77. The fourth-order valence-corrected chi connectivity index (χ4v) is 4.12. The fourth-order valence-electron chi connectivity index (χ4n) is 4.12. The van der Waals surface area contributed by atoms with Gasteiger partial charge >= 0.3 is 5.63 Å². The zero-order chi connectivity index (χ0) is 18.0. The number of hydrogen-bond donors (Lipinski definition) is 1. The summed E-state index contributed by atoms with van der Waals surface area (Å²) in [7, 11) is 0. The van der Waals surface area contributed by atoms with Gasteiger partial charge in [-0.2, -0.15) is 0 Å². The van der Waals surface area contributed by atoms with Gasteiger partial charge in [0.05, 0.1) is 5.39 Å². The van der Waals surface area contributed by atoms with Crippen LogP contribution in [0.3, 0.4) is 0 Å². The molecule has 2 atom stereocenters. The maximum absolute atomic E-state index is 12.3. The van der Waals surface area contributed by atoms with E-state index >= 15 is 0 Å². The molecule has 0 aliphatic heterocycles. The first-order valence-electron chi connectivity index (χ1n) is 9.80. The normalized spacial score (nSPS) is 17.8. The number of benzene rings is 1. The lowest BCUT2D eigenvalue weighted by atomic mass is 9.94. The van der Waals surface area contributed by atoms with Crippen molar-refractivity contribution >= 4 is 11.0 Å². The van der Waals surface area contributed by atoms with Gasteiger partial charge in [0.25, 0.3) is 0 Å². The number of phenols is 1. The maximum atomic E-state index is 12.3. The van der Waals surface area contributed by atoms with Crippen molar-refractivity contribution in [3.8, 4) is 5.75 Å². The minimum absolute atomic E-state index is 0.226. The van der Waals surface area contributed by atoms with Gasteiger partial charge in [-0.25, -0.2) is 4.79 Å². The number of fused-ring (bicyclic) bond motifs is 3. The lowest BCUT2D eigenvalue weighted by Crippen LogP contribution is -2.07. The van der Waals surface area contributed by atoms with Gasteiger partial charge in [0, 0.05) is 5.56 Å². The Labute approximate surface area is 150 Å². The summed E-state index contributed by atoms with van der Waals surface area (Å²) in [6.07, 6.45) is 8.72. The molecule has 3 rings (SSSR count). The van der Waals surface area contributed by atoms with Gasteiger partial charge in [-0.1, -0.05) is 46.5 Å². The molecular weight excluding hydrogens is 312 g/mol. The first kappa shape index (κ1) is 18.0. The van der Waals surface area contributed by atoms with Gasteiger partial charge in [0.1, 0.15) is 11.3 Å². The SMILES string of the molecule is CCCCCC(C)CCc1cc(O)c2c3c(c(=O)oc2c1)CC(C)C3. The fraction of sp³-hybridized carbons (Fsp3) is 0.591. The van der Waals surface area contributed by atoms with E-state index in [1.807, 2.05) is 12.1 Å². The Morgan fingerprint density at radius 1 is 1.20 bits per heavy atom. The Morgan fingerprint density at radius 2 is 1.96 bits per heavy atom. The van der Waals surface area contributed by atoms with Crippen molar-refractivity contribution in [2.45, 2.75) is 72.1 Å². The van der Waals surface area contributed by atoms with Crippen molar-refractivity contribution in [3.63, 3.8) is 0 Å². The summed E-state index contributed by atoms with van der Waals surface area (Å²) in [5, 5.41) is 11.3. The van der Waals surface area contributed by atoms with Gasteiger partial charge in [-0.3, -0.25) is 0 Å². The maximum Gasteiger partial charge on any atom is 0.339 e. The number of unbranched alkanes of at least 4 members (excludes halogenated alkanes) is 2. The topological polar surface area (TPSA) is 50.4 Å². The zero-order valence-corrected chi connectivity index (χ0v) is 15.7. The molecule has 25 heavy (non-hydrogen) atoms. The van der Waals surface area contributed by atoms with Gasteiger partial charge in [0.2, 0.25) is 0 Å². The Balaban J connectivity index is 1.81. The van der Waals surface area contributed by atoms with E-state index in [4.69, 9.17) is 4.42 Å². The van der Waals surface area contributed by atoms with Crippen molar-refractivity contribution in [3.05, 3.63) is 39.2 Å². The van der Waals surface area contributed by atoms with Gasteiger partial charge < -0.3 is 9.52 Å². The molecule has 0 fully saturated rings. The molecule has 0 saturated carbocycles. The van der Waals surface area contributed by atoms with Crippen LogP contribution in [0, 0.1) is 11.8 Å². The van der Waals surface area contributed by atoms with Crippen molar-refractivity contribution in [2.75, 3.05) is 0 Å². The number of rotatable bonds is 7. The van der Waals surface area contributed by atoms with Crippen LogP contribution < -0.4 is 5.63 Å². The minimum Gasteiger partial charge on any atom is -0.507 e.